The fourth-order valence-corrected chi connectivity index (χ4v) is 3.74. The van der Waals surface area contributed by atoms with E-state index < -0.39 is 0 Å². The number of aromatic nitrogens is 1. The summed E-state index contributed by atoms with van der Waals surface area (Å²) in [4.78, 5) is 3.51. The number of hydrogen-bond donors (Lipinski definition) is 1. The number of aromatic amines is 1. The number of furan rings is 1. The third-order valence-electron chi connectivity index (χ3n) is 4.85. The molecule has 5 aromatic rings. The van der Waals surface area contributed by atoms with Crippen molar-refractivity contribution >= 4 is 49.6 Å². The average molecular weight is 311 g/mol. The van der Waals surface area contributed by atoms with Crippen molar-refractivity contribution in [1.82, 2.24) is 4.98 Å². The highest BCUT2D eigenvalue weighted by Gasteiger charge is 2.13. The van der Waals surface area contributed by atoms with Crippen LogP contribution >= 0.6 is 0 Å². The van der Waals surface area contributed by atoms with Crippen molar-refractivity contribution < 1.29 is 4.42 Å². The van der Waals surface area contributed by atoms with Gasteiger partial charge in [-0.05, 0) is 43.5 Å². The Kier molecular flexibility index (Phi) is 2.66. The van der Waals surface area contributed by atoms with Gasteiger partial charge in [-0.1, -0.05) is 36.4 Å². The number of hydrogen-bond acceptors (Lipinski definition) is 1. The number of nitrogens with one attached hydrogen (secondary N) is 1. The molecule has 0 saturated carbocycles. The molecule has 3 aromatic carbocycles. The van der Waals surface area contributed by atoms with E-state index in [4.69, 9.17) is 4.42 Å². The summed E-state index contributed by atoms with van der Waals surface area (Å²) in [5, 5.41) is 6.04. The van der Waals surface area contributed by atoms with E-state index in [0.29, 0.717) is 0 Å². The fourth-order valence-electron chi connectivity index (χ4n) is 3.74. The summed E-state index contributed by atoms with van der Waals surface area (Å²) in [6, 6.07) is 17.3. The maximum absolute atomic E-state index is 6.14. The van der Waals surface area contributed by atoms with E-state index in [0.717, 1.165) is 11.3 Å². The zero-order valence-electron chi connectivity index (χ0n) is 13.7. The minimum Gasteiger partial charge on any atom is -0.460 e. The molecule has 0 aliphatic rings. The van der Waals surface area contributed by atoms with Crippen LogP contribution in [0.1, 0.15) is 18.2 Å². The molecule has 5 rings (SSSR count). The van der Waals surface area contributed by atoms with Crippen molar-refractivity contribution in [3.8, 4) is 0 Å². The lowest BCUT2D eigenvalue weighted by Crippen LogP contribution is -1.77. The summed E-state index contributed by atoms with van der Waals surface area (Å²) >= 11 is 0. The Morgan fingerprint density at radius 2 is 1.75 bits per heavy atom. The topological polar surface area (TPSA) is 28.9 Å². The number of H-pyrrole nitrogens is 1. The number of rotatable bonds is 1. The Morgan fingerprint density at radius 3 is 2.62 bits per heavy atom. The molecule has 0 aliphatic heterocycles. The molecular weight excluding hydrogens is 294 g/mol. The van der Waals surface area contributed by atoms with Gasteiger partial charge < -0.3 is 9.40 Å². The van der Waals surface area contributed by atoms with Crippen LogP contribution < -0.4 is 0 Å². The predicted molar refractivity (Wildman–Crippen MR) is 103 cm³/mol. The van der Waals surface area contributed by atoms with Gasteiger partial charge in [0.2, 0.25) is 0 Å². The molecule has 2 heteroatoms. The first-order valence-corrected chi connectivity index (χ1v) is 8.25. The maximum Gasteiger partial charge on any atom is 0.142 e. The van der Waals surface area contributed by atoms with E-state index in [1.54, 1.807) is 0 Å². The SMILES string of the molecule is C/C=C\c1c(C)oc2c1ccc1cc3[nH]c4ccccc4c3cc12. The first-order chi connectivity index (χ1) is 11.8. The highest BCUT2D eigenvalue weighted by molar-refractivity contribution is 6.17. The van der Waals surface area contributed by atoms with Crippen LogP contribution in [0.2, 0.25) is 0 Å². The van der Waals surface area contributed by atoms with Gasteiger partial charge >= 0.3 is 0 Å². The van der Waals surface area contributed by atoms with Crippen LogP contribution in [0.15, 0.2) is 59.0 Å². The maximum atomic E-state index is 6.14. The Balaban J connectivity index is 1.97. The summed E-state index contributed by atoms with van der Waals surface area (Å²) in [5.41, 5.74) is 4.49. The van der Waals surface area contributed by atoms with E-state index >= 15 is 0 Å². The quantitative estimate of drug-likeness (QED) is 0.373. The lowest BCUT2D eigenvalue weighted by atomic mass is 10.0. The molecule has 0 fully saturated rings. The third-order valence-corrected chi connectivity index (χ3v) is 4.85. The molecule has 0 atom stereocenters. The number of aryl methyl sites for hydroxylation is 1. The Bertz CT molecular complexity index is 1270. The van der Waals surface area contributed by atoms with Crippen LogP contribution in [0.4, 0.5) is 0 Å². The largest absolute Gasteiger partial charge is 0.460 e. The monoisotopic (exact) mass is 311 g/mol. The summed E-state index contributed by atoms with van der Waals surface area (Å²) < 4.78 is 6.14. The molecule has 116 valence electrons. The average Bonchev–Trinajstić information content (AvgIpc) is 3.11. The normalized spacial score (nSPS) is 12.4. The molecule has 0 aliphatic carbocycles. The van der Waals surface area contributed by atoms with E-state index in [1.165, 1.54) is 43.5 Å². The molecule has 0 spiro atoms. The lowest BCUT2D eigenvalue weighted by Gasteiger charge is -2.00. The Morgan fingerprint density at radius 1 is 0.875 bits per heavy atom. The smallest absolute Gasteiger partial charge is 0.142 e. The van der Waals surface area contributed by atoms with Crippen molar-refractivity contribution in [2.45, 2.75) is 13.8 Å². The zero-order valence-corrected chi connectivity index (χ0v) is 13.7. The summed E-state index contributed by atoms with van der Waals surface area (Å²) in [7, 11) is 0. The van der Waals surface area contributed by atoms with Crippen LogP contribution in [0.25, 0.3) is 49.6 Å². The number of fused-ring (bicyclic) bond motifs is 6. The molecule has 0 radical (unpaired) electrons. The van der Waals surface area contributed by atoms with Gasteiger partial charge in [0.15, 0.2) is 0 Å². The molecule has 1 N–H and O–H groups in total. The van der Waals surface area contributed by atoms with Crippen LogP contribution in [0, 0.1) is 6.92 Å². The second kappa shape index (κ2) is 4.75. The molecule has 0 bridgehead atoms. The fraction of sp³-hybridized carbons (Fsp3) is 0.0909. The summed E-state index contributed by atoms with van der Waals surface area (Å²) in [5.74, 6) is 0.967. The van der Waals surface area contributed by atoms with Gasteiger partial charge in [-0.2, -0.15) is 0 Å². The van der Waals surface area contributed by atoms with Gasteiger partial charge in [0.05, 0.1) is 0 Å². The van der Waals surface area contributed by atoms with Crippen molar-refractivity contribution in [2.75, 3.05) is 0 Å². The standard InChI is InChI=1S/C22H17NO/c1-3-6-15-13(2)24-22-17(15)10-9-14-11-21-19(12-18(14)22)16-7-4-5-8-20(16)23-21/h3-12,23H,1-2H3/b6-3-. The third kappa shape index (κ3) is 1.71. The molecule has 0 saturated heterocycles. The highest BCUT2D eigenvalue weighted by atomic mass is 16.3. The van der Waals surface area contributed by atoms with Crippen molar-refractivity contribution in [1.29, 1.82) is 0 Å². The highest BCUT2D eigenvalue weighted by Crippen LogP contribution is 2.36. The van der Waals surface area contributed by atoms with E-state index in [-0.39, 0.29) is 0 Å². The second-order valence-electron chi connectivity index (χ2n) is 6.30. The molecule has 24 heavy (non-hydrogen) atoms. The zero-order chi connectivity index (χ0) is 16.3. The first-order valence-electron chi connectivity index (χ1n) is 8.25. The number of benzene rings is 3. The predicted octanol–water partition coefficient (Wildman–Crippen LogP) is 6.56. The molecular formula is C22H17NO. The van der Waals surface area contributed by atoms with Crippen LogP contribution in [0.3, 0.4) is 0 Å². The molecule has 2 heterocycles. The minimum absolute atomic E-state index is 0.967. The second-order valence-corrected chi connectivity index (χ2v) is 6.30. The summed E-state index contributed by atoms with van der Waals surface area (Å²) in [6.07, 6.45) is 4.18. The Labute approximate surface area is 139 Å². The van der Waals surface area contributed by atoms with Gasteiger partial charge in [-0.15, -0.1) is 0 Å². The van der Waals surface area contributed by atoms with Gasteiger partial charge in [0.1, 0.15) is 11.3 Å². The van der Waals surface area contributed by atoms with Gasteiger partial charge in [-0.25, -0.2) is 0 Å². The first kappa shape index (κ1) is 13.4. The van der Waals surface area contributed by atoms with Gasteiger partial charge in [0.25, 0.3) is 0 Å². The molecule has 0 unspecified atom stereocenters. The van der Waals surface area contributed by atoms with Crippen LogP contribution in [0.5, 0.6) is 0 Å². The molecule has 2 nitrogen and oxygen atoms in total. The van der Waals surface area contributed by atoms with E-state index in [1.807, 2.05) is 13.8 Å². The minimum atomic E-state index is 0.967. The molecule has 0 amide bonds. The van der Waals surface area contributed by atoms with Crippen LogP contribution in [-0.2, 0) is 0 Å². The summed E-state index contributed by atoms with van der Waals surface area (Å²) in [6.45, 7) is 4.07. The number of para-hydroxylation sites is 1. The van der Waals surface area contributed by atoms with Crippen molar-refractivity contribution in [3.63, 3.8) is 0 Å². The lowest BCUT2D eigenvalue weighted by molar-refractivity contribution is 0.580. The Hall–Kier alpha value is -3.00. The van der Waals surface area contributed by atoms with Crippen LogP contribution in [-0.4, -0.2) is 4.98 Å². The van der Waals surface area contributed by atoms with E-state index in [9.17, 15) is 0 Å². The van der Waals surface area contributed by atoms with Crippen molar-refractivity contribution in [3.05, 3.63) is 65.9 Å². The van der Waals surface area contributed by atoms with Crippen molar-refractivity contribution in [2.24, 2.45) is 0 Å². The van der Waals surface area contributed by atoms with E-state index in [2.05, 4.69) is 65.7 Å². The molecule has 2 aromatic heterocycles. The van der Waals surface area contributed by atoms with Gasteiger partial charge in [0, 0.05) is 38.1 Å². The van der Waals surface area contributed by atoms with Gasteiger partial charge in [-0.3, -0.25) is 0 Å². The number of allylic oxidation sites excluding steroid dienone is 1.